The van der Waals surface area contributed by atoms with E-state index in [1.54, 1.807) is 14.1 Å². The van der Waals surface area contributed by atoms with Crippen LogP contribution in [0.2, 0.25) is 0 Å². The summed E-state index contributed by atoms with van der Waals surface area (Å²) in [6.45, 7) is 0. The van der Waals surface area contributed by atoms with Gasteiger partial charge in [0, 0.05) is 25.9 Å². The van der Waals surface area contributed by atoms with Gasteiger partial charge in [-0.05, 0) is 22.3 Å². The molecule has 0 unspecified atom stereocenters. The molecule has 5 rings (SSSR count). The first kappa shape index (κ1) is 14.9. The van der Waals surface area contributed by atoms with E-state index in [-0.39, 0.29) is 17.7 Å². The highest BCUT2D eigenvalue weighted by Gasteiger charge is 2.55. The molecule has 0 heterocycles. The maximum Gasteiger partial charge on any atom is 0.308 e. The Kier molecular flexibility index (Phi) is 3.23. The number of benzene rings is 2. The van der Waals surface area contributed by atoms with Crippen LogP contribution < -0.4 is 0 Å². The van der Waals surface area contributed by atoms with Crippen molar-refractivity contribution in [2.45, 2.75) is 11.8 Å². The highest BCUT2D eigenvalue weighted by atomic mass is 16.4. The average Bonchev–Trinajstić information content (AvgIpc) is 2.60. The Labute approximate surface area is 140 Å². The van der Waals surface area contributed by atoms with Gasteiger partial charge in [-0.1, -0.05) is 48.5 Å². The summed E-state index contributed by atoms with van der Waals surface area (Å²) in [5, 5.41) is 9.94. The van der Waals surface area contributed by atoms with Gasteiger partial charge in [0.1, 0.15) is 0 Å². The van der Waals surface area contributed by atoms with Crippen molar-refractivity contribution in [1.82, 2.24) is 4.90 Å². The largest absolute Gasteiger partial charge is 0.481 e. The molecule has 0 aliphatic heterocycles. The summed E-state index contributed by atoms with van der Waals surface area (Å²) < 4.78 is 0. The zero-order valence-electron chi connectivity index (χ0n) is 13.6. The molecule has 2 bridgehead atoms. The first-order valence-electron chi connectivity index (χ1n) is 8.14. The van der Waals surface area contributed by atoms with Gasteiger partial charge in [0.25, 0.3) is 0 Å². The zero-order valence-corrected chi connectivity index (χ0v) is 13.6. The van der Waals surface area contributed by atoms with E-state index in [0.29, 0.717) is 0 Å². The Morgan fingerprint density at radius 2 is 1.17 bits per heavy atom. The van der Waals surface area contributed by atoms with Crippen LogP contribution in [-0.2, 0) is 9.59 Å². The number of amides is 1. The van der Waals surface area contributed by atoms with Crippen molar-refractivity contribution < 1.29 is 14.7 Å². The van der Waals surface area contributed by atoms with E-state index in [0.717, 1.165) is 22.3 Å². The fourth-order valence-corrected chi connectivity index (χ4v) is 4.57. The van der Waals surface area contributed by atoms with Gasteiger partial charge in [-0.2, -0.15) is 0 Å². The molecule has 0 radical (unpaired) electrons. The van der Waals surface area contributed by atoms with Gasteiger partial charge in [0.15, 0.2) is 0 Å². The number of carboxylic acids is 1. The Bertz CT molecular complexity index is 795. The van der Waals surface area contributed by atoms with Gasteiger partial charge in [-0.15, -0.1) is 0 Å². The second-order valence-electron chi connectivity index (χ2n) is 6.84. The summed E-state index contributed by atoms with van der Waals surface area (Å²) >= 11 is 0. The smallest absolute Gasteiger partial charge is 0.308 e. The van der Waals surface area contributed by atoms with Crippen molar-refractivity contribution >= 4 is 11.9 Å². The number of hydrogen-bond donors (Lipinski definition) is 1. The highest BCUT2D eigenvalue weighted by molar-refractivity contribution is 5.89. The lowest BCUT2D eigenvalue weighted by Crippen LogP contribution is -2.49. The number of aliphatic carboxylic acids is 1. The molecule has 4 nitrogen and oxygen atoms in total. The Morgan fingerprint density at radius 1 is 0.792 bits per heavy atom. The van der Waals surface area contributed by atoms with Crippen LogP contribution in [0.1, 0.15) is 34.1 Å². The molecule has 122 valence electrons. The van der Waals surface area contributed by atoms with Crippen molar-refractivity contribution in [3.8, 4) is 0 Å². The van der Waals surface area contributed by atoms with Gasteiger partial charge in [-0.3, -0.25) is 9.59 Å². The lowest BCUT2D eigenvalue weighted by atomic mass is 9.54. The second-order valence-corrected chi connectivity index (χ2v) is 6.84. The molecule has 0 saturated carbocycles. The van der Waals surface area contributed by atoms with Gasteiger partial charge in [0.2, 0.25) is 5.91 Å². The van der Waals surface area contributed by atoms with Crippen LogP contribution >= 0.6 is 0 Å². The summed E-state index contributed by atoms with van der Waals surface area (Å²) in [5.41, 5.74) is 4.30. The van der Waals surface area contributed by atoms with E-state index in [9.17, 15) is 14.7 Å². The van der Waals surface area contributed by atoms with E-state index < -0.39 is 17.8 Å². The number of fused-ring (bicyclic) bond motifs is 1. The summed E-state index contributed by atoms with van der Waals surface area (Å²) in [6.07, 6.45) is 0. The Balaban J connectivity index is 2.02. The number of carboxylic acid groups (broad SMARTS) is 1. The number of hydrogen-bond acceptors (Lipinski definition) is 2. The number of carbonyl (C=O) groups is 2. The van der Waals surface area contributed by atoms with Crippen molar-refractivity contribution in [3.05, 3.63) is 70.8 Å². The fraction of sp³-hybridized carbons (Fsp3) is 0.300. The van der Waals surface area contributed by atoms with Crippen LogP contribution in [0.3, 0.4) is 0 Å². The van der Waals surface area contributed by atoms with Gasteiger partial charge < -0.3 is 10.0 Å². The minimum absolute atomic E-state index is 0.110. The van der Waals surface area contributed by atoms with Crippen molar-refractivity contribution in [2.75, 3.05) is 14.1 Å². The van der Waals surface area contributed by atoms with E-state index in [1.807, 2.05) is 48.5 Å². The highest BCUT2D eigenvalue weighted by Crippen LogP contribution is 2.58. The molecular weight excluding hydrogens is 302 g/mol. The second kappa shape index (κ2) is 5.20. The Morgan fingerprint density at radius 3 is 1.50 bits per heavy atom. The minimum Gasteiger partial charge on any atom is -0.481 e. The number of carbonyl (C=O) groups excluding carboxylic acids is 1. The first-order chi connectivity index (χ1) is 11.5. The van der Waals surface area contributed by atoms with Gasteiger partial charge in [-0.25, -0.2) is 0 Å². The summed E-state index contributed by atoms with van der Waals surface area (Å²) in [6, 6.07) is 15.9. The Hall–Kier alpha value is -2.62. The van der Waals surface area contributed by atoms with Crippen LogP contribution in [0.25, 0.3) is 0 Å². The van der Waals surface area contributed by atoms with Crippen LogP contribution in [-0.4, -0.2) is 36.0 Å². The third-order valence-electron chi connectivity index (χ3n) is 5.45. The average molecular weight is 321 g/mol. The molecule has 1 amide bonds. The maximum absolute atomic E-state index is 12.9. The van der Waals surface area contributed by atoms with E-state index in [1.165, 1.54) is 4.90 Å². The molecular formula is C20H19NO3. The molecule has 0 saturated heterocycles. The monoisotopic (exact) mass is 321 g/mol. The topological polar surface area (TPSA) is 57.6 Å². The molecule has 0 spiro atoms. The van der Waals surface area contributed by atoms with E-state index in [4.69, 9.17) is 0 Å². The minimum atomic E-state index is -0.894. The van der Waals surface area contributed by atoms with Crippen LogP contribution in [0.4, 0.5) is 0 Å². The van der Waals surface area contributed by atoms with Crippen LogP contribution in [0.15, 0.2) is 48.5 Å². The van der Waals surface area contributed by atoms with E-state index >= 15 is 0 Å². The lowest BCUT2D eigenvalue weighted by Gasteiger charge is -2.48. The number of nitrogens with zero attached hydrogens (tertiary/aromatic N) is 1. The zero-order chi connectivity index (χ0) is 17.0. The lowest BCUT2D eigenvalue weighted by molar-refractivity contribution is -0.151. The van der Waals surface area contributed by atoms with Crippen molar-refractivity contribution in [3.63, 3.8) is 0 Å². The van der Waals surface area contributed by atoms with E-state index in [2.05, 4.69) is 0 Å². The molecule has 0 fully saturated rings. The predicted octanol–water partition coefficient (Wildman–Crippen LogP) is 2.68. The quantitative estimate of drug-likeness (QED) is 0.925. The SMILES string of the molecule is CN(C)C(=O)[C@H]1C2c3ccccc3C(c3ccccc32)[C@H]1C(=O)O. The molecule has 4 heteroatoms. The fourth-order valence-electron chi connectivity index (χ4n) is 4.57. The van der Waals surface area contributed by atoms with Crippen LogP contribution in [0.5, 0.6) is 0 Å². The molecule has 2 aromatic rings. The maximum atomic E-state index is 12.9. The van der Waals surface area contributed by atoms with Gasteiger partial charge >= 0.3 is 5.97 Å². The number of rotatable bonds is 2. The van der Waals surface area contributed by atoms with Crippen LogP contribution in [0, 0.1) is 11.8 Å². The molecule has 3 aliphatic carbocycles. The molecule has 24 heavy (non-hydrogen) atoms. The molecule has 2 atom stereocenters. The van der Waals surface area contributed by atoms with Crippen molar-refractivity contribution in [1.29, 1.82) is 0 Å². The molecule has 1 N–H and O–H groups in total. The summed E-state index contributed by atoms with van der Waals surface area (Å²) in [5.74, 6) is -2.76. The normalized spacial score (nSPS) is 26.4. The summed E-state index contributed by atoms with van der Waals surface area (Å²) in [7, 11) is 3.39. The van der Waals surface area contributed by atoms with Crippen molar-refractivity contribution in [2.24, 2.45) is 11.8 Å². The standard InChI is InChI=1S/C20H19NO3/c1-21(2)19(22)17-15-11-7-3-5-9-13(11)16(18(17)20(23)24)14-10-6-4-8-12(14)15/h3-10,15-18H,1-2H3,(H,23,24)/t15?,16?,17-,18+/m0/s1. The van der Waals surface area contributed by atoms with Gasteiger partial charge in [0.05, 0.1) is 11.8 Å². The predicted molar refractivity (Wildman–Crippen MR) is 89.9 cm³/mol. The third-order valence-corrected chi connectivity index (χ3v) is 5.45. The first-order valence-corrected chi connectivity index (χ1v) is 8.14. The molecule has 2 aromatic carbocycles. The molecule has 0 aromatic heterocycles. The summed E-state index contributed by atoms with van der Waals surface area (Å²) in [4.78, 5) is 26.5. The molecule has 3 aliphatic rings. The third kappa shape index (κ3) is 1.86.